The van der Waals surface area contributed by atoms with E-state index in [-0.39, 0.29) is 11.9 Å². The van der Waals surface area contributed by atoms with Crippen molar-refractivity contribution >= 4 is 5.91 Å². The molecule has 1 N–H and O–H groups in total. The summed E-state index contributed by atoms with van der Waals surface area (Å²) in [4.78, 5) is 12.4. The van der Waals surface area contributed by atoms with E-state index in [1.165, 1.54) is 0 Å². The van der Waals surface area contributed by atoms with Gasteiger partial charge in [-0.1, -0.05) is 18.2 Å². The average Bonchev–Trinajstić information content (AvgIpc) is 2.62. The Labute approximate surface area is 155 Å². The van der Waals surface area contributed by atoms with Gasteiger partial charge in [-0.3, -0.25) is 4.79 Å². The summed E-state index contributed by atoms with van der Waals surface area (Å²) < 4.78 is 16.7. The molecule has 0 aliphatic carbocycles. The molecule has 1 atom stereocenters. The van der Waals surface area contributed by atoms with Crippen LogP contribution in [0.4, 0.5) is 0 Å². The van der Waals surface area contributed by atoms with Gasteiger partial charge in [0.15, 0.2) is 0 Å². The number of carbonyl (C=O) groups excluding carboxylic acids is 1. The third-order valence-electron chi connectivity index (χ3n) is 3.89. The lowest BCUT2D eigenvalue weighted by atomic mass is 10.1. The van der Waals surface area contributed by atoms with Crippen molar-refractivity contribution in [3.63, 3.8) is 0 Å². The zero-order valence-corrected chi connectivity index (χ0v) is 15.9. The zero-order valence-electron chi connectivity index (χ0n) is 15.9. The van der Waals surface area contributed by atoms with Crippen LogP contribution in [0.15, 0.2) is 42.5 Å². The first-order valence-corrected chi connectivity index (χ1v) is 8.79. The second-order valence-corrected chi connectivity index (χ2v) is 6.14. The Morgan fingerprint density at radius 1 is 1.12 bits per heavy atom. The maximum absolute atomic E-state index is 12.4. The van der Waals surface area contributed by atoms with Crippen molar-refractivity contribution in [2.75, 3.05) is 20.3 Å². The van der Waals surface area contributed by atoms with E-state index in [1.54, 1.807) is 13.2 Å². The lowest BCUT2D eigenvalue weighted by Crippen LogP contribution is -2.35. The molecule has 0 saturated heterocycles. The van der Waals surface area contributed by atoms with Crippen molar-refractivity contribution in [3.05, 3.63) is 59.2 Å². The standard InChI is InChI=1S/C21H27NO4/c1-5-25-20-11-10-17(21(23)22-16(3)13-24-4)12-18(20)14-26-19-9-7-6-8-15(19)2/h6-12,16H,5,13-14H2,1-4H3,(H,22,23)/t16-/m1/s1. The minimum atomic E-state index is -0.144. The summed E-state index contributed by atoms with van der Waals surface area (Å²) in [6, 6.07) is 13.2. The van der Waals surface area contributed by atoms with Crippen molar-refractivity contribution in [3.8, 4) is 11.5 Å². The summed E-state index contributed by atoms with van der Waals surface area (Å²) in [5, 5.41) is 2.91. The highest BCUT2D eigenvalue weighted by Crippen LogP contribution is 2.24. The van der Waals surface area contributed by atoms with E-state index in [9.17, 15) is 4.79 Å². The van der Waals surface area contributed by atoms with Crippen LogP contribution in [0.3, 0.4) is 0 Å². The maximum atomic E-state index is 12.4. The fraction of sp³-hybridized carbons (Fsp3) is 0.381. The highest BCUT2D eigenvalue weighted by Gasteiger charge is 2.13. The van der Waals surface area contributed by atoms with E-state index < -0.39 is 0 Å². The Morgan fingerprint density at radius 2 is 1.88 bits per heavy atom. The molecule has 0 aliphatic heterocycles. The first kappa shape index (κ1) is 19.8. The number of methoxy groups -OCH3 is 1. The van der Waals surface area contributed by atoms with Crippen molar-refractivity contribution in [1.29, 1.82) is 0 Å². The monoisotopic (exact) mass is 357 g/mol. The van der Waals surface area contributed by atoms with Crippen LogP contribution >= 0.6 is 0 Å². The second-order valence-electron chi connectivity index (χ2n) is 6.14. The molecule has 2 rings (SSSR count). The molecule has 2 aromatic carbocycles. The average molecular weight is 357 g/mol. The molecule has 1 amide bonds. The smallest absolute Gasteiger partial charge is 0.251 e. The van der Waals surface area contributed by atoms with E-state index in [2.05, 4.69) is 5.32 Å². The minimum absolute atomic E-state index is 0.0641. The molecule has 0 unspecified atom stereocenters. The third-order valence-corrected chi connectivity index (χ3v) is 3.89. The van der Waals surface area contributed by atoms with Crippen LogP contribution in [-0.4, -0.2) is 32.3 Å². The first-order valence-electron chi connectivity index (χ1n) is 8.79. The normalized spacial score (nSPS) is 11.7. The number of para-hydroxylation sites is 1. The molecular formula is C21H27NO4. The number of aryl methyl sites for hydroxylation is 1. The Morgan fingerprint density at radius 3 is 2.58 bits per heavy atom. The Bertz CT molecular complexity index is 730. The molecule has 0 fully saturated rings. The minimum Gasteiger partial charge on any atom is -0.493 e. The summed E-state index contributed by atoms with van der Waals surface area (Å²) in [6.07, 6.45) is 0. The van der Waals surface area contributed by atoms with E-state index in [0.29, 0.717) is 25.4 Å². The van der Waals surface area contributed by atoms with Gasteiger partial charge < -0.3 is 19.5 Å². The third kappa shape index (κ3) is 5.49. The highest BCUT2D eigenvalue weighted by molar-refractivity contribution is 5.94. The number of amides is 1. The summed E-state index contributed by atoms with van der Waals surface area (Å²) >= 11 is 0. The quantitative estimate of drug-likeness (QED) is 0.743. The number of carbonyl (C=O) groups is 1. The van der Waals surface area contributed by atoms with Gasteiger partial charge in [-0.2, -0.15) is 0 Å². The Kier molecular flexibility index (Phi) is 7.48. The summed E-state index contributed by atoms with van der Waals surface area (Å²) in [7, 11) is 1.61. The van der Waals surface area contributed by atoms with Gasteiger partial charge in [-0.25, -0.2) is 0 Å². The predicted molar refractivity (Wildman–Crippen MR) is 102 cm³/mol. The topological polar surface area (TPSA) is 56.8 Å². The molecule has 0 heterocycles. The van der Waals surface area contributed by atoms with Gasteiger partial charge in [0.1, 0.15) is 18.1 Å². The SMILES string of the molecule is CCOc1ccc(C(=O)N[C@H](C)COC)cc1COc1ccccc1C. The molecule has 140 valence electrons. The number of rotatable bonds is 9. The number of hydrogen-bond donors (Lipinski definition) is 1. The lowest BCUT2D eigenvalue weighted by molar-refractivity contribution is 0.0905. The fourth-order valence-corrected chi connectivity index (χ4v) is 2.60. The molecule has 0 aromatic heterocycles. The van der Waals surface area contributed by atoms with E-state index in [1.807, 2.05) is 57.2 Å². The van der Waals surface area contributed by atoms with Crippen molar-refractivity contribution in [1.82, 2.24) is 5.32 Å². The molecule has 0 saturated carbocycles. The molecule has 0 spiro atoms. The molecule has 5 heteroatoms. The van der Waals surface area contributed by atoms with Crippen LogP contribution in [0.5, 0.6) is 11.5 Å². The predicted octanol–water partition coefficient (Wildman–Crippen LogP) is 3.74. The summed E-state index contributed by atoms with van der Waals surface area (Å²) in [5.74, 6) is 1.40. The van der Waals surface area contributed by atoms with E-state index >= 15 is 0 Å². The molecule has 0 aliphatic rings. The zero-order chi connectivity index (χ0) is 18.9. The van der Waals surface area contributed by atoms with Gasteiger partial charge in [-0.15, -0.1) is 0 Å². The van der Waals surface area contributed by atoms with Crippen LogP contribution in [0, 0.1) is 6.92 Å². The van der Waals surface area contributed by atoms with Gasteiger partial charge in [-0.05, 0) is 50.6 Å². The van der Waals surface area contributed by atoms with Gasteiger partial charge in [0.05, 0.1) is 13.2 Å². The van der Waals surface area contributed by atoms with Crippen LogP contribution in [0.1, 0.15) is 35.3 Å². The van der Waals surface area contributed by atoms with Gasteiger partial charge in [0, 0.05) is 24.3 Å². The first-order chi connectivity index (χ1) is 12.5. The molecule has 26 heavy (non-hydrogen) atoms. The van der Waals surface area contributed by atoms with Gasteiger partial charge in [0.25, 0.3) is 5.91 Å². The van der Waals surface area contributed by atoms with E-state index in [4.69, 9.17) is 14.2 Å². The largest absolute Gasteiger partial charge is 0.493 e. The maximum Gasteiger partial charge on any atom is 0.251 e. The fourth-order valence-electron chi connectivity index (χ4n) is 2.60. The van der Waals surface area contributed by atoms with Crippen LogP contribution in [-0.2, 0) is 11.3 Å². The molecule has 2 aromatic rings. The number of ether oxygens (including phenoxy) is 3. The van der Waals surface area contributed by atoms with Crippen molar-refractivity contribution < 1.29 is 19.0 Å². The van der Waals surface area contributed by atoms with E-state index in [0.717, 1.165) is 22.6 Å². The van der Waals surface area contributed by atoms with Gasteiger partial charge >= 0.3 is 0 Å². The van der Waals surface area contributed by atoms with Crippen molar-refractivity contribution in [2.24, 2.45) is 0 Å². The van der Waals surface area contributed by atoms with Crippen molar-refractivity contribution in [2.45, 2.75) is 33.4 Å². The molecular weight excluding hydrogens is 330 g/mol. The Balaban J connectivity index is 2.16. The lowest BCUT2D eigenvalue weighted by Gasteiger charge is -2.16. The molecule has 5 nitrogen and oxygen atoms in total. The molecule has 0 radical (unpaired) electrons. The summed E-state index contributed by atoms with van der Waals surface area (Å²) in [6.45, 7) is 7.17. The van der Waals surface area contributed by atoms with Crippen LogP contribution in [0.2, 0.25) is 0 Å². The highest BCUT2D eigenvalue weighted by atomic mass is 16.5. The Hall–Kier alpha value is -2.53. The van der Waals surface area contributed by atoms with Crippen LogP contribution < -0.4 is 14.8 Å². The molecule has 0 bridgehead atoms. The van der Waals surface area contributed by atoms with Gasteiger partial charge in [0.2, 0.25) is 0 Å². The number of nitrogens with one attached hydrogen (secondary N) is 1. The number of benzene rings is 2. The van der Waals surface area contributed by atoms with Crippen LogP contribution in [0.25, 0.3) is 0 Å². The second kappa shape index (κ2) is 9.82. The number of hydrogen-bond acceptors (Lipinski definition) is 4. The summed E-state index contributed by atoms with van der Waals surface area (Å²) in [5.41, 5.74) is 2.47.